The Labute approximate surface area is 119 Å². The molecule has 1 atom stereocenters. The number of rotatable bonds is 2. The Balaban J connectivity index is 1.71. The van der Waals surface area contributed by atoms with Crippen LogP contribution in [0.4, 0.5) is 5.69 Å². The summed E-state index contributed by atoms with van der Waals surface area (Å²) in [6, 6.07) is 17.6. The second kappa shape index (κ2) is 5.37. The highest BCUT2D eigenvalue weighted by molar-refractivity contribution is 5.94. The van der Waals surface area contributed by atoms with Crippen LogP contribution in [0, 0.1) is 0 Å². The maximum Gasteiger partial charge on any atom is 0.253 e. The molecule has 0 aromatic heterocycles. The van der Waals surface area contributed by atoms with Gasteiger partial charge in [0.25, 0.3) is 5.91 Å². The minimum atomic E-state index is 0.100. The van der Waals surface area contributed by atoms with Gasteiger partial charge in [0.1, 0.15) is 0 Å². The number of carbonyl (C=O) groups is 1. The SMILES string of the molecule is Nc1ccc(C(=O)N2CCC(c3ccccc3)C2)cc1. The molecule has 0 radical (unpaired) electrons. The molecule has 2 aromatic rings. The number of nitrogens with zero attached hydrogens (tertiary/aromatic N) is 1. The van der Waals surface area contributed by atoms with Gasteiger partial charge in [-0.25, -0.2) is 0 Å². The number of anilines is 1. The Bertz CT molecular complexity index is 592. The maximum atomic E-state index is 12.4. The van der Waals surface area contributed by atoms with Gasteiger partial charge in [0, 0.05) is 30.3 Å². The van der Waals surface area contributed by atoms with Gasteiger partial charge >= 0.3 is 0 Å². The molecule has 1 saturated heterocycles. The lowest BCUT2D eigenvalue weighted by molar-refractivity contribution is 0.0791. The molecule has 20 heavy (non-hydrogen) atoms. The molecular weight excluding hydrogens is 248 g/mol. The largest absolute Gasteiger partial charge is 0.399 e. The van der Waals surface area contributed by atoms with E-state index in [4.69, 9.17) is 5.73 Å². The van der Waals surface area contributed by atoms with E-state index >= 15 is 0 Å². The van der Waals surface area contributed by atoms with Gasteiger partial charge in [-0.2, -0.15) is 0 Å². The number of hydrogen-bond acceptors (Lipinski definition) is 2. The first-order valence-corrected chi connectivity index (χ1v) is 6.94. The van der Waals surface area contributed by atoms with Crippen molar-refractivity contribution in [2.24, 2.45) is 0 Å². The average molecular weight is 266 g/mol. The minimum Gasteiger partial charge on any atom is -0.399 e. The Morgan fingerprint density at radius 3 is 2.45 bits per heavy atom. The van der Waals surface area contributed by atoms with Gasteiger partial charge in [-0.05, 0) is 36.2 Å². The van der Waals surface area contributed by atoms with Crippen LogP contribution in [-0.4, -0.2) is 23.9 Å². The van der Waals surface area contributed by atoms with Crippen LogP contribution < -0.4 is 5.73 Å². The quantitative estimate of drug-likeness (QED) is 0.850. The van der Waals surface area contributed by atoms with E-state index in [1.807, 2.05) is 11.0 Å². The lowest BCUT2D eigenvalue weighted by Crippen LogP contribution is -2.28. The van der Waals surface area contributed by atoms with E-state index in [0.29, 0.717) is 17.2 Å². The zero-order valence-electron chi connectivity index (χ0n) is 11.3. The number of amides is 1. The zero-order chi connectivity index (χ0) is 13.9. The first kappa shape index (κ1) is 12.7. The van der Waals surface area contributed by atoms with Crippen LogP contribution in [0.3, 0.4) is 0 Å². The number of hydrogen-bond donors (Lipinski definition) is 1. The summed E-state index contributed by atoms with van der Waals surface area (Å²) < 4.78 is 0. The Morgan fingerprint density at radius 2 is 1.75 bits per heavy atom. The average Bonchev–Trinajstić information content (AvgIpc) is 2.98. The van der Waals surface area contributed by atoms with Crippen LogP contribution in [0.25, 0.3) is 0 Å². The monoisotopic (exact) mass is 266 g/mol. The number of likely N-dealkylation sites (tertiary alicyclic amines) is 1. The van der Waals surface area contributed by atoms with Gasteiger partial charge < -0.3 is 10.6 Å². The summed E-state index contributed by atoms with van der Waals surface area (Å²) in [5.41, 5.74) is 8.37. The van der Waals surface area contributed by atoms with Crippen LogP contribution in [0.5, 0.6) is 0 Å². The molecule has 0 saturated carbocycles. The first-order valence-electron chi connectivity index (χ1n) is 6.94. The third-order valence-electron chi connectivity index (χ3n) is 3.90. The smallest absolute Gasteiger partial charge is 0.253 e. The normalized spacial score (nSPS) is 18.2. The molecule has 3 rings (SSSR count). The molecular formula is C17H18N2O. The molecule has 1 heterocycles. The van der Waals surface area contributed by atoms with E-state index in [-0.39, 0.29) is 5.91 Å². The summed E-state index contributed by atoms with van der Waals surface area (Å²) >= 11 is 0. The Kier molecular flexibility index (Phi) is 3.42. The molecule has 1 amide bonds. The topological polar surface area (TPSA) is 46.3 Å². The molecule has 0 spiro atoms. The third kappa shape index (κ3) is 2.52. The molecule has 0 bridgehead atoms. The van der Waals surface area contributed by atoms with Crippen LogP contribution in [0.2, 0.25) is 0 Å². The zero-order valence-corrected chi connectivity index (χ0v) is 11.3. The molecule has 1 fully saturated rings. The van der Waals surface area contributed by atoms with E-state index in [9.17, 15) is 4.79 Å². The van der Waals surface area contributed by atoms with Crippen molar-refractivity contribution < 1.29 is 4.79 Å². The van der Waals surface area contributed by atoms with Crippen molar-refractivity contribution in [1.29, 1.82) is 0 Å². The Morgan fingerprint density at radius 1 is 1.05 bits per heavy atom. The van der Waals surface area contributed by atoms with Gasteiger partial charge in [0.2, 0.25) is 0 Å². The second-order valence-corrected chi connectivity index (χ2v) is 5.27. The van der Waals surface area contributed by atoms with Gasteiger partial charge in [0.05, 0.1) is 0 Å². The van der Waals surface area contributed by atoms with Crippen molar-refractivity contribution in [2.45, 2.75) is 12.3 Å². The number of carbonyl (C=O) groups excluding carboxylic acids is 1. The first-order chi connectivity index (χ1) is 9.74. The number of benzene rings is 2. The Hall–Kier alpha value is -2.29. The van der Waals surface area contributed by atoms with E-state index in [2.05, 4.69) is 24.3 Å². The molecule has 2 N–H and O–H groups in total. The van der Waals surface area contributed by atoms with Crippen LogP contribution in [-0.2, 0) is 0 Å². The molecule has 102 valence electrons. The van der Waals surface area contributed by atoms with Gasteiger partial charge in [-0.15, -0.1) is 0 Å². The lowest BCUT2D eigenvalue weighted by atomic mass is 9.99. The van der Waals surface area contributed by atoms with Gasteiger partial charge in [-0.1, -0.05) is 30.3 Å². The molecule has 1 aliphatic heterocycles. The van der Waals surface area contributed by atoms with E-state index in [1.54, 1.807) is 24.3 Å². The van der Waals surface area contributed by atoms with Gasteiger partial charge in [-0.3, -0.25) is 4.79 Å². The third-order valence-corrected chi connectivity index (χ3v) is 3.90. The van der Waals surface area contributed by atoms with E-state index < -0.39 is 0 Å². The van der Waals surface area contributed by atoms with Gasteiger partial charge in [0.15, 0.2) is 0 Å². The summed E-state index contributed by atoms with van der Waals surface area (Å²) in [5.74, 6) is 0.553. The fourth-order valence-electron chi connectivity index (χ4n) is 2.75. The summed E-state index contributed by atoms with van der Waals surface area (Å²) in [5, 5.41) is 0. The van der Waals surface area contributed by atoms with Crippen molar-refractivity contribution in [2.75, 3.05) is 18.8 Å². The molecule has 3 nitrogen and oxygen atoms in total. The molecule has 3 heteroatoms. The lowest BCUT2D eigenvalue weighted by Gasteiger charge is -2.17. The van der Waals surface area contributed by atoms with Crippen molar-refractivity contribution in [1.82, 2.24) is 4.90 Å². The minimum absolute atomic E-state index is 0.100. The van der Waals surface area contributed by atoms with Crippen molar-refractivity contribution in [3.8, 4) is 0 Å². The van der Waals surface area contributed by atoms with Crippen molar-refractivity contribution in [3.05, 3.63) is 65.7 Å². The summed E-state index contributed by atoms with van der Waals surface area (Å²) in [7, 11) is 0. The summed E-state index contributed by atoms with van der Waals surface area (Å²) in [6.45, 7) is 1.62. The van der Waals surface area contributed by atoms with Crippen molar-refractivity contribution in [3.63, 3.8) is 0 Å². The predicted molar refractivity (Wildman–Crippen MR) is 80.6 cm³/mol. The standard InChI is InChI=1S/C17H18N2O/c18-16-8-6-14(7-9-16)17(20)19-11-10-15(12-19)13-4-2-1-3-5-13/h1-9,15H,10-12,18H2. The van der Waals surface area contributed by atoms with Crippen LogP contribution in [0.15, 0.2) is 54.6 Å². The second-order valence-electron chi connectivity index (χ2n) is 5.27. The summed E-state index contributed by atoms with van der Waals surface area (Å²) in [4.78, 5) is 14.4. The highest BCUT2D eigenvalue weighted by Gasteiger charge is 2.27. The fourth-order valence-corrected chi connectivity index (χ4v) is 2.75. The maximum absolute atomic E-state index is 12.4. The highest BCUT2D eigenvalue weighted by atomic mass is 16.2. The molecule has 0 aliphatic carbocycles. The van der Waals surface area contributed by atoms with E-state index in [0.717, 1.165) is 19.5 Å². The van der Waals surface area contributed by atoms with Crippen LogP contribution in [0.1, 0.15) is 28.3 Å². The molecule has 1 unspecified atom stereocenters. The molecule has 1 aliphatic rings. The van der Waals surface area contributed by atoms with E-state index in [1.165, 1.54) is 5.56 Å². The predicted octanol–water partition coefficient (Wildman–Crippen LogP) is 2.90. The van der Waals surface area contributed by atoms with Crippen LogP contribution >= 0.6 is 0 Å². The number of nitrogen functional groups attached to an aromatic ring is 1. The van der Waals surface area contributed by atoms with Crippen molar-refractivity contribution >= 4 is 11.6 Å². The highest BCUT2D eigenvalue weighted by Crippen LogP contribution is 2.27. The fraction of sp³-hybridized carbons (Fsp3) is 0.235. The number of nitrogens with two attached hydrogens (primary N) is 1. The molecule has 2 aromatic carbocycles. The summed E-state index contributed by atoms with van der Waals surface area (Å²) in [6.07, 6.45) is 1.03.